The second-order valence-corrected chi connectivity index (χ2v) is 2.38. The standard InChI is InChI=1S/C9H11F.2CH2O/c1-2-3-8-4-6-9(10)7-5-8;2*1-2/h4-7H,2-3H2,1H3;2*1H2. The molecular formula is C11H15FO2. The van der Waals surface area contributed by atoms with Gasteiger partial charge in [0.05, 0.1) is 0 Å². The average Bonchev–Trinajstić information content (AvgIpc) is 2.28. The van der Waals surface area contributed by atoms with Crippen molar-refractivity contribution in [1.29, 1.82) is 0 Å². The molecule has 0 amide bonds. The van der Waals surface area contributed by atoms with Crippen LogP contribution in [0.1, 0.15) is 18.9 Å². The van der Waals surface area contributed by atoms with E-state index in [9.17, 15) is 4.39 Å². The van der Waals surface area contributed by atoms with E-state index in [0.717, 1.165) is 12.8 Å². The molecule has 0 fully saturated rings. The molecule has 0 bridgehead atoms. The molecule has 0 radical (unpaired) electrons. The van der Waals surface area contributed by atoms with Gasteiger partial charge in [-0.25, -0.2) is 4.39 Å². The van der Waals surface area contributed by atoms with E-state index in [-0.39, 0.29) is 5.82 Å². The summed E-state index contributed by atoms with van der Waals surface area (Å²) in [6, 6.07) is 6.67. The summed E-state index contributed by atoms with van der Waals surface area (Å²) in [6.45, 7) is 6.11. The molecule has 14 heavy (non-hydrogen) atoms. The number of carbonyl (C=O) groups excluding carboxylic acids is 2. The monoisotopic (exact) mass is 198 g/mol. The van der Waals surface area contributed by atoms with Gasteiger partial charge in [0.25, 0.3) is 0 Å². The van der Waals surface area contributed by atoms with Gasteiger partial charge in [-0.3, -0.25) is 0 Å². The Bertz CT molecular complexity index is 219. The Morgan fingerprint density at radius 2 is 1.50 bits per heavy atom. The highest BCUT2D eigenvalue weighted by Gasteiger charge is 1.90. The lowest BCUT2D eigenvalue weighted by molar-refractivity contribution is -0.0987. The summed E-state index contributed by atoms with van der Waals surface area (Å²) in [7, 11) is 0. The van der Waals surface area contributed by atoms with E-state index in [0.29, 0.717) is 0 Å². The van der Waals surface area contributed by atoms with Gasteiger partial charge in [-0.15, -0.1) is 0 Å². The largest absolute Gasteiger partial charge is 0.307 e. The maximum Gasteiger partial charge on any atom is 0.123 e. The Balaban J connectivity index is 0. The molecule has 0 aromatic heterocycles. The molecule has 0 N–H and O–H groups in total. The summed E-state index contributed by atoms with van der Waals surface area (Å²) >= 11 is 0. The van der Waals surface area contributed by atoms with Crippen molar-refractivity contribution in [3.05, 3.63) is 35.6 Å². The second-order valence-electron chi connectivity index (χ2n) is 2.38. The van der Waals surface area contributed by atoms with Crippen molar-refractivity contribution in [1.82, 2.24) is 0 Å². The smallest absolute Gasteiger partial charge is 0.123 e. The number of hydrogen-bond donors (Lipinski definition) is 0. The molecule has 0 aliphatic rings. The third-order valence-corrected chi connectivity index (χ3v) is 1.45. The van der Waals surface area contributed by atoms with Gasteiger partial charge in [-0.2, -0.15) is 0 Å². The zero-order chi connectivity index (χ0) is 11.4. The summed E-state index contributed by atoms with van der Waals surface area (Å²) in [5, 5.41) is 0. The zero-order valence-corrected chi connectivity index (χ0v) is 8.33. The van der Waals surface area contributed by atoms with Gasteiger partial charge in [0.15, 0.2) is 0 Å². The third-order valence-electron chi connectivity index (χ3n) is 1.45. The number of halogens is 1. The van der Waals surface area contributed by atoms with Gasteiger partial charge in [0.2, 0.25) is 0 Å². The van der Waals surface area contributed by atoms with Gasteiger partial charge >= 0.3 is 0 Å². The summed E-state index contributed by atoms with van der Waals surface area (Å²) < 4.78 is 12.3. The fourth-order valence-corrected chi connectivity index (χ4v) is 0.940. The zero-order valence-electron chi connectivity index (χ0n) is 8.33. The van der Waals surface area contributed by atoms with Crippen molar-refractivity contribution >= 4 is 13.6 Å². The van der Waals surface area contributed by atoms with Crippen LogP contribution in [0.4, 0.5) is 4.39 Å². The lowest BCUT2D eigenvalue weighted by Gasteiger charge is -1.95. The SMILES string of the molecule is C=O.C=O.CCCc1ccc(F)cc1. The van der Waals surface area contributed by atoms with Gasteiger partial charge in [0, 0.05) is 0 Å². The minimum Gasteiger partial charge on any atom is -0.307 e. The van der Waals surface area contributed by atoms with E-state index in [4.69, 9.17) is 9.59 Å². The van der Waals surface area contributed by atoms with Crippen molar-refractivity contribution < 1.29 is 14.0 Å². The van der Waals surface area contributed by atoms with Crippen LogP contribution in [0.3, 0.4) is 0 Å². The van der Waals surface area contributed by atoms with E-state index in [1.807, 2.05) is 25.7 Å². The van der Waals surface area contributed by atoms with Gasteiger partial charge in [-0.05, 0) is 24.1 Å². The van der Waals surface area contributed by atoms with Crippen molar-refractivity contribution in [3.63, 3.8) is 0 Å². The van der Waals surface area contributed by atoms with Crippen LogP contribution in [-0.2, 0) is 16.0 Å². The highest BCUT2D eigenvalue weighted by Crippen LogP contribution is 2.04. The molecule has 3 heteroatoms. The molecular weight excluding hydrogens is 183 g/mol. The molecule has 0 unspecified atom stereocenters. The predicted octanol–water partition coefficient (Wildman–Crippen LogP) is 2.41. The van der Waals surface area contributed by atoms with Gasteiger partial charge in [-0.1, -0.05) is 25.5 Å². The van der Waals surface area contributed by atoms with Crippen molar-refractivity contribution in [2.24, 2.45) is 0 Å². The van der Waals surface area contributed by atoms with Crippen molar-refractivity contribution in [2.75, 3.05) is 0 Å². The summed E-state index contributed by atoms with van der Waals surface area (Å²) in [4.78, 5) is 16.0. The predicted molar refractivity (Wildman–Crippen MR) is 54.6 cm³/mol. The van der Waals surface area contributed by atoms with Crippen LogP contribution < -0.4 is 0 Å². The normalized spacial score (nSPS) is 7.57. The number of rotatable bonds is 2. The van der Waals surface area contributed by atoms with E-state index in [2.05, 4.69) is 6.92 Å². The van der Waals surface area contributed by atoms with Gasteiger partial charge < -0.3 is 9.59 Å². The highest BCUT2D eigenvalue weighted by atomic mass is 19.1. The molecule has 0 saturated carbocycles. The topological polar surface area (TPSA) is 34.1 Å². The van der Waals surface area contributed by atoms with E-state index in [1.54, 1.807) is 0 Å². The molecule has 1 aromatic carbocycles. The van der Waals surface area contributed by atoms with Crippen LogP contribution in [0.5, 0.6) is 0 Å². The maximum atomic E-state index is 12.3. The van der Waals surface area contributed by atoms with E-state index >= 15 is 0 Å². The summed E-state index contributed by atoms with van der Waals surface area (Å²) in [5.41, 5.74) is 1.21. The second kappa shape index (κ2) is 11.5. The maximum absolute atomic E-state index is 12.3. The molecule has 1 aromatic rings. The summed E-state index contributed by atoms with van der Waals surface area (Å²) in [6.07, 6.45) is 2.16. The van der Waals surface area contributed by atoms with Crippen molar-refractivity contribution in [2.45, 2.75) is 19.8 Å². The van der Waals surface area contributed by atoms with Crippen LogP contribution in [0, 0.1) is 5.82 Å². The molecule has 0 atom stereocenters. The van der Waals surface area contributed by atoms with E-state index in [1.165, 1.54) is 17.7 Å². The Kier molecular flexibility index (Phi) is 12.3. The molecule has 78 valence electrons. The molecule has 0 saturated heterocycles. The first kappa shape index (κ1) is 15.0. The van der Waals surface area contributed by atoms with Crippen LogP contribution in [0.2, 0.25) is 0 Å². The molecule has 0 spiro atoms. The molecule has 0 aliphatic heterocycles. The third kappa shape index (κ3) is 7.16. The first-order valence-electron chi connectivity index (χ1n) is 4.15. The first-order valence-corrected chi connectivity index (χ1v) is 4.15. The average molecular weight is 198 g/mol. The Morgan fingerprint density at radius 3 is 1.86 bits per heavy atom. The number of hydrogen-bond acceptors (Lipinski definition) is 2. The number of benzene rings is 1. The molecule has 0 aliphatic carbocycles. The highest BCUT2D eigenvalue weighted by molar-refractivity contribution is 5.15. The number of aryl methyl sites for hydroxylation is 1. The Hall–Kier alpha value is -1.51. The minimum absolute atomic E-state index is 0.153. The van der Waals surface area contributed by atoms with Gasteiger partial charge in [0.1, 0.15) is 19.4 Å². The van der Waals surface area contributed by atoms with Crippen LogP contribution in [0.15, 0.2) is 24.3 Å². The van der Waals surface area contributed by atoms with E-state index < -0.39 is 0 Å². The lowest BCUT2D eigenvalue weighted by Crippen LogP contribution is -1.81. The number of carbonyl (C=O) groups is 2. The fraction of sp³-hybridized carbons (Fsp3) is 0.273. The lowest BCUT2D eigenvalue weighted by atomic mass is 10.1. The van der Waals surface area contributed by atoms with Crippen LogP contribution >= 0.6 is 0 Å². The quantitative estimate of drug-likeness (QED) is 0.731. The van der Waals surface area contributed by atoms with Crippen LogP contribution in [0.25, 0.3) is 0 Å². The summed E-state index contributed by atoms with van der Waals surface area (Å²) in [5.74, 6) is -0.153. The first-order chi connectivity index (χ1) is 6.83. The molecule has 0 heterocycles. The molecule has 2 nitrogen and oxygen atoms in total. The molecule has 1 rings (SSSR count). The van der Waals surface area contributed by atoms with Crippen molar-refractivity contribution in [3.8, 4) is 0 Å². The Morgan fingerprint density at radius 1 is 1.07 bits per heavy atom. The Labute approximate surface area is 83.8 Å². The fourth-order valence-electron chi connectivity index (χ4n) is 0.940. The minimum atomic E-state index is -0.153. The van der Waals surface area contributed by atoms with Crippen LogP contribution in [-0.4, -0.2) is 13.6 Å².